The molecule has 0 atom stereocenters. The van der Waals surface area contributed by atoms with E-state index in [1.54, 1.807) is 36.5 Å². The lowest BCUT2D eigenvalue weighted by Gasteiger charge is -2.32. The zero-order chi connectivity index (χ0) is 17.6. The van der Waals surface area contributed by atoms with E-state index in [1.165, 1.54) is 6.08 Å². The number of allylic oxidation sites excluding steroid dienone is 1. The van der Waals surface area contributed by atoms with Crippen LogP contribution in [-0.4, -0.2) is 59.7 Å². The van der Waals surface area contributed by atoms with Crippen LogP contribution in [0.1, 0.15) is 26.4 Å². The van der Waals surface area contributed by atoms with E-state index in [0.717, 1.165) is 31.9 Å². The number of amides is 1. The molecule has 1 aliphatic rings. The van der Waals surface area contributed by atoms with Gasteiger partial charge < -0.3 is 9.80 Å². The van der Waals surface area contributed by atoms with Gasteiger partial charge in [-0.05, 0) is 43.5 Å². The number of nitrogens with zero attached hydrogens (tertiary/aromatic N) is 3. The smallest absolute Gasteiger partial charge is 0.253 e. The van der Waals surface area contributed by atoms with Crippen LogP contribution in [0.2, 0.25) is 0 Å². The van der Waals surface area contributed by atoms with Crippen molar-refractivity contribution in [2.75, 3.05) is 33.2 Å². The second-order valence-corrected chi connectivity index (χ2v) is 6.13. The zero-order valence-electron chi connectivity index (χ0n) is 14.3. The highest BCUT2D eigenvalue weighted by Gasteiger charge is 2.20. The van der Waals surface area contributed by atoms with E-state index in [-0.39, 0.29) is 11.7 Å². The van der Waals surface area contributed by atoms with Crippen molar-refractivity contribution in [3.05, 3.63) is 71.6 Å². The van der Waals surface area contributed by atoms with E-state index < -0.39 is 0 Å². The largest absolute Gasteiger partial charge is 0.336 e. The van der Waals surface area contributed by atoms with Gasteiger partial charge in [0, 0.05) is 43.5 Å². The Hall–Kier alpha value is -2.79. The molecule has 0 bridgehead atoms. The Balaban J connectivity index is 1.64. The van der Waals surface area contributed by atoms with E-state index in [2.05, 4.69) is 16.9 Å². The number of pyridine rings is 1. The molecule has 25 heavy (non-hydrogen) atoms. The van der Waals surface area contributed by atoms with Crippen molar-refractivity contribution in [2.24, 2.45) is 0 Å². The van der Waals surface area contributed by atoms with Crippen LogP contribution >= 0.6 is 0 Å². The van der Waals surface area contributed by atoms with Crippen molar-refractivity contribution in [1.82, 2.24) is 14.8 Å². The third-order valence-electron chi connectivity index (χ3n) is 4.30. The van der Waals surface area contributed by atoms with Crippen molar-refractivity contribution in [2.45, 2.75) is 0 Å². The Labute approximate surface area is 147 Å². The molecule has 1 aromatic heterocycles. The summed E-state index contributed by atoms with van der Waals surface area (Å²) in [5.41, 5.74) is 1.91. The maximum Gasteiger partial charge on any atom is 0.253 e. The SMILES string of the molecule is CN1CCN(C(=O)c2ccc(C(=O)C=Cc3ccccn3)cc2)CC1. The number of benzene rings is 1. The van der Waals surface area contributed by atoms with Crippen molar-refractivity contribution < 1.29 is 9.59 Å². The Morgan fingerprint density at radius 3 is 2.28 bits per heavy atom. The molecule has 1 aliphatic heterocycles. The van der Waals surface area contributed by atoms with Crippen LogP contribution in [0.4, 0.5) is 0 Å². The van der Waals surface area contributed by atoms with Gasteiger partial charge in [-0.3, -0.25) is 14.6 Å². The Morgan fingerprint density at radius 1 is 0.960 bits per heavy atom. The predicted molar refractivity (Wildman–Crippen MR) is 97.4 cm³/mol. The van der Waals surface area contributed by atoms with Gasteiger partial charge in [0.15, 0.2) is 5.78 Å². The number of ketones is 1. The molecule has 1 amide bonds. The predicted octanol–water partition coefficient (Wildman–Crippen LogP) is 2.37. The molecule has 5 heteroatoms. The van der Waals surface area contributed by atoms with Gasteiger partial charge in [0.25, 0.3) is 5.91 Å². The summed E-state index contributed by atoms with van der Waals surface area (Å²) in [7, 11) is 2.06. The molecule has 2 heterocycles. The highest BCUT2D eigenvalue weighted by molar-refractivity contribution is 6.07. The summed E-state index contributed by atoms with van der Waals surface area (Å²) in [6, 6.07) is 12.4. The number of carbonyl (C=O) groups excluding carboxylic acids is 2. The monoisotopic (exact) mass is 335 g/mol. The first-order chi connectivity index (χ1) is 12.1. The summed E-state index contributed by atoms with van der Waals surface area (Å²) in [6.45, 7) is 3.26. The van der Waals surface area contributed by atoms with E-state index in [1.807, 2.05) is 23.1 Å². The lowest BCUT2D eigenvalue weighted by molar-refractivity contribution is 0.0664. The molecule has 0 aliphatic carbocycles. The fourth-order valence-corrected chi connectivity index (χ4v) is 2.70. The second-order valence-electron chi connectivity index (χ2n) is 6.13. The number of carbonyl (C=O) groups is 2. The van der Waals surface area contributed by atoms with E-state index in [4.69, 9.17) is 0 Å². The molecule has 0 radical (unpaired) electrons. The molecule has 1 aromatic carbocycles. The molecule has 1 fully saturated rings. The van der Waals surface area contributed by atoms with Crippen LogP contribution in [0.15, 0.2) is 54.7 Å². The highest BCUT2D eigenvalue weighted by Crippen LogP contribution is 2.11. The summed E-state index contributed by atoms with van der Waals surface area (Å²) in [6.07, 6.45) is 4.87. The van der Waals surface area contributed by atoms with Crippen LogP contribution in [0.3, 0.4) is 0 Å². The Kier molecular flexibility index (Phi) is 5.36. The summed E-state index contributed by atoms with van der Waals surface area (Å²) in [5.74, 6) is -0.0830. The molecule has 1 saturated heterocycles. The van der Waals surface area contributed by atoms with Crippen molar-refractivity contribution >= 4 is 17.8 Å². The molecule has 2 aromatic rings. The highest BCUT2D eigenvalue weighted by atomic mass is 16.2. The van der Waals surface area contributed by atoms with Crippen molar-refractivity contribution in [3.8, 4) is 0 Å². The van der Waals surface area contributed by atoms with Crippen molar-refractivity contribution in [3.63, 3.8) is 0 Å². The van der Waals surface area contributed by atoms with Crippen molar-refractivity contribution in [1.29, 1.82) is 0 Å². The minimum atomic E-state index is -0.107. The molecular formula is C20H21N3O2. The Morgan fingerprint density at radius 2 is 1.64 bits per heavy atom. The first-order valence-electron chi connectivity index (χ1n) is 8.35. The molecule has 5 nitrogen and oxygen atoms in total. The summed E-state index contributed by atoms with van der Waals surface area (Å²) < 4.78 is 0. The fourth-order valence-electron chi connectivity index (χ4n) is 2.70. The second kappa shape index (κ2) is 7.85. The molecular weight excluding hydrogens is 314 g/mol. The number of rotatable bonds is 4. The van der Waals surface area contributed by atoms with Gasteiger partial charge in [0.05, 0.1) is 5.69 Å². The van der Waals surface area contributed by atoms with Crippen LogP contribution in [-0.2, 0) is 0 Å². The first kappa shape index (κ1) is 17.0. The number of likely N-dealkylation sites (N-methyl/N-ethyl adjacent to an activating group) is 1. The standard InChI is InChI=1S/C20H21N3O2/c1-22-12-14-23(15-13-22)20(25)17-7-5-16(6-8-17)19(24)10-9-18-4-2-3-11-21-18/h2-11H,12-15H2,1H3. The van der Waals surface area contributed by atoms with E-state index in [9.17, 15) is 9.59 Å². The quantitative estimate of drug-likeness (QED) is 0.636. The molecule has 0 N–H and O–H groups in total. The third-order valence-corrected chi connectivity index (χ3v) is 4.30. The summed E-state index contributed by atoms with van der Waals surface area (Å²) in [4.78, 5) is 32.9. The average Bonchev–Trinajstić information content (AvgIpc) is 2.67. The normalized spacial score (nSPS) is 15.5. The number of aromatic nitrogens is 1. The van der Waals surface area contributed by atoms with Gasteiger partial charge in [-0.2, -0.15) is 0 Å². The number of hydrogen-bond acceptors (Lipinski definition) is 4. The first-order valence-corrected chi connectivity index (χ1v) is 8.35. The number of hydrogen-bond donors (Lipinski definition) is 0. The van der Waals surface area contributed by atoms with Crippen LogP contribution in [0.25, 0.3) is 6.08 Å². The van der Waals surface area contributed by atoms with Crippen LogP contribution in [0, 0.1) is 0 Å². The molecule has 0 spiro atoms. The van der Waals surface area contributed by atoms with Gasteiger partial charge in [-0.25, -0.2) is 0 Å². The lowest BCUT2D eigenvalue weighted by atomic mass is 10.1. The summed E-state index contributed by atoms with van der Waals surface area (Å²) >= 11 is 0. The van der Waals surface area contributed by atoms with Gasteiger partial charge in [-0.15, -0.1) is 0 Å². The van der Waals surface area contributed by atoms with Gasteiger partial charge in [0.2, 0.25) is 0 Å². The zero-order valence-corrected chi connectivity index (χ0v) is 14.3. The molecule has 0 saturated carbocycles. The van der Waals surface area contributed by atoms with Gasteiger partial charge in [-0.1, -0.05) is 18.2 Å². The Bertz CT molecular complexity index is 761. The molecule has 0 unspecified atom stereocenters. The maximum absolute atomic E-state index is 12.5. The van der Waals surface area contributed by atoms with Gasteiger partial charge in [0.1, 0.15) is 0 Å². The summed E-state index contributed by atoms with van der Waals surface area (Å²) in [5, 5.41) is 0. The van der Waals surface area contributed by atoms with Gasteiger partial charge >= 0.3 is 0 Å². The van der Waals surface area contributed by atoms with E-state index >= 15 is 0 Å². The molecule has 3 rings (SSSR count). The van der Waals surface area contributed by atoms with Crippen LogP contribution < -0.4 is 0 Å². The third kappa shape index (κ3) is 4.39. The minimum absolute atomic E-state index is 0.0242. The average molecular weight is 335 g/mol. The lowest BCUT2D eigenvalue weighted by Crippen LogP contribution is -2.47. The minimum Gasteiger partial charge on any atom is -0.336 e. The maximum atomic E-state index is 12.5. The fraction of sp³-hybridized carbons (Fsp3) is 0.250. The van der Waals surface area contributed by atoms with E-state index in [0.29, 0.717) is 11.1 Å². The number of piperazine rings is 1. The topological polar surface area (TPSA) is 53.5 Å². The molecule has 128 valence electrons. The van der Waals surface area contributed by atoms with Crippen LogP contribution in [0.5, 0.6) is 0 Å².